The summed E-state index contributed by atoms with van der Waals surface area (Å²) in [6, 6.07) is 7.72. The minimum atomic E-state index is -0.332. The van der Waals surface area contributed by atoms with Crippen molar-refractivity contribution < 1.29 is 14.3 Å². The van der Waals surface area contributed by atoms with Gasteiger partial charge in [-0.05, 0) is 37.5 Å². The molecule has 24 heavy (non-hydrogen) atoms. The largest absolute Gasteiger partial charge is 0.465 e. The first-order valence-corrected chi connectivity index (χ1v) is 9.74. The highest BCUT2D eigenvalue weighted by Gasteiger charge is 2.19. The third kappa shape index (κ3) is 5.86. The number of methoxy groups -OCH3 is 1. The number of rotatable bonds is 6. The fourth-order valence-corrected chi connectivity index (χ4v) is 3.79. The highest BCUT2D eigenvalue weighted by Crippen LogP contribution is 2.21. The Bertz CT molecular complexity index is 553. The van der Waals surface area contributed by atoms with Gasteiger partial charge in [0.1, 0.15) is 0 Å². The van der Waals surface area contributed by atoms with Crippen molar-refractivity contribution in [2.24, 2.45) is 0 Å². The molecule has 1 atom stereocenters. The van der Waals surface area contributed by atoms with Crippen molar-refractivity contribution in [1.82, 2.24) is 5.32 Å². The van der Waals surface area contributed by atoms with Gasteiger partial charge < -0.3 is 10.1 Å². The molecule has 2 rings (SSSR count). The molecule has 0 aliphatic heterocycles. The van der Waals surface area contributed by atoms with Crippen LogP contribution < -0.4 is 5.32 Å². The average Bonchev–Trinajstić information content (AvgIpc) is 2.87. The van der Waals surface area contributed by atoms with Gasteiger partial charge in [-0.3, -0.25) is 4.79 Å². The lowest BCUT2D eigenvalue weighted by Crippen LogP contribution is -2.39. The van der Waals surface area contributed by atoms with E-state index >= 15 is 0 Å². The Balaban J connectivity index is 1.82. The summed E-state index contributed by atoms with van der Waals surface area (Å²) in [7, 11) is 1.38. The molecule has 132 valence electrons. The lowest BCUT2D eigenvalue weighted by atomic mass is 10.1. The summed E-state index contributed by atoms with van der Waals surface area (Å²) in [5, 5.41) is 3.10. The van der Waals surface area contributed by atoms with Gasteiger partial charge in [-0.15, -0.1) is 11.8 Å². The minimum Gasteiger partial charge on any atom is -0.465 e. The Kier molecular flexibility index (Phi) is 7.63. The standard InChI is InChI=1S/C19H27NO3S/c1-14(18(21)20-17-10-5-3-4-6-11-17)24-13-15-8-7-9-16(12-15)19(22)23-2/h7-9,12,14,17H,3-6,10-11,13H2,1-2H3,(H,20,21)/t14-/m0/s1. The monoisotopic (exact) mass is 349 g/mol. The van der Waals surface area contributed by atoms with E-state index in [1.807, 2.05) is 25.1 Å². The molecular weight excluding hydrogens is 322 g/mol. The zero-order chi connectivity index (χ0) is 17.4. The van der Waals surface area contributed by atoms with Crippen molar-refractivity contribution in [3.8, 4) is 0 Å². The lowest BCUT2D eigenvalue weighted by molar-refractivity contribution is -0.121. The second kappa shape index (κ2) is 9.72. The van der Waals surface area contributed by atoms with E-state index in [9.17, 15) is 9.59 Å². The van der Waals surface area contributed by atoms with E-state index in [-0.39, 0.29) is 17.1 Å². The first-order valence-electron chi connectivity index (χ1n) is 8.69. The first kappa shape index (κ1) is 18.8. The molecule has 1 aliphatic rings. The van der Waals surface area contributed by atoms with Gasteiger partial charge in [0.15, 0.2) is 0 Å². The highest BCUT2D eigenvalue weighted by molar-refractivity contribution is 7.99. The van der Waals surface area contributed by atoms with Gasteiger partial charge in [0.2, 0.25) is 5.91 Å². The Labute approximate surface area is 148 Å². The Hall–Kier alpha value is -1.49. The predicted octanol–water partition coefficient (Wildman–Crippen LogP) is 3.93. The molecule has 1 aliphatic carbocycles. The van der Waals surface area contributed by atoms with Crippen LogP contribution in [-0.2, 0) is 15.3 Å². The van der Waals surface area contributed by atoms with E-state index < -0.39 is 0 Å². The van der Waals surface area contributed by atoms with Crippen molar-refractivity contribution in [2.75, 3.05) is 7.11 Å². The van der Waals surface area contributed by atoms with Crippen LogP contribution >= 0.6 is 11.8 Å². The highest BCUT2D eigenvalue weighted by atomic mass is 32.2. The summed E-state index contributed by atoms with van der Waals surface area (Å²) < 4.78 is 4.74. The summed E-state index contributed by atoms with van der Waals surface area (Å²) in [5.41, 5.74) is 1.57. The topological polar surface area (TPSA) is 55.4 Å². The molecule has 1 amide bonds. The van der Waals surface area contributed by atoms with Crippen molar-refractivity contribution in [3.63, 3.8) is 0 Å². The van der Waals surface area contributed by atoms with Crippen LogP contribution in [0.3, 0.4) is 0 Å². The predicted molar refractivity (Wildman–Crippen MR) is 98.2 cm³/mol. The van der Waals surface area contributed by atoms with Gasteiger partial charge in [-0.1, -0.05) is 37.8 Å². The third-order valence-corrected chi connectivity index (χ3v) is 5.63. The normalized spacial score (nSPS) is 16.9. The number of hydrogen-bond acceptors (Lipinski definition) is 4. The molecule has 5 heteroatoms. The quantitative estimate of drug-likeness (QED) is 0.624. The van der Waals surface area contributed by atoms with E-state index in [1.165, 1.54) is 32.8 Å². The molecule has 1 fully saturated rings. The molecule has 0 heterocycles. The molecule has 0 unspecified atom stereocenters. The molecule has 0 saturated heterocycles. The van der Waals surface area contributed by atoms with Gasteiger partial charge in [-0.2, -0.15) is 0 Å². The van der Waals surface area contributed by atoms with Crippen LogP contribution in [0.2, 0.25) is 0 Å². The van der Waals surface area contributed by atoms with Crippen LogP contribution in [0.15, 0.2) is 24.3 Å². The fraction of sp³-hybridized carbons (Fsp3) is 0.579. The minimum absolute atomic E-state index is 0.102. The molecule has 1 N–H and O–H groups in total. The van der Waals surface area contributed by atoms with Gasteiger partial charge in [-0.25, -0.2) is 4.79 Å². The van der Waals surface area contributed by atoms with E-state index in [0.717, 1.165) is 18.4 Å². The summed E-state index contributed by atoms with van der Waals surface area (Å²) >= 11 is 1.60. The van der Waals surface area contributed by atoms with Crippen LogP contribution in [0, 0.1) is 0 Å². The molecule has 0 radical (unpaired) electrons. The summed E-state index contributed by atoms with van der Waals surface area (Å²) in [6.07, 6.45) is 7.20. The molecule has 1 aromatic rings. The third-order valence-electron chi connectivity index (χ3n) is 4.42. The zero-order valence-electron chi connectivity index (χ0n) is 14.5. The second-order valence-electron chi connectivity index (χ2n) is 6.34. The van der Waals surface area contributed by atoms with Crippen LogP contribution in [-0.4, -0.2) is 30.3 Å². The first-order chi connectivity index (χ1) is 11.6. The average molecular weight is 349 g/mol. The van der Waals surface area contributed by atoms with Crippen LogP contribution in [0.1, 0.15) is 61.4 Å². The number of thioether (sulfide) groups is 1. The van der Waals surface area contributed by atoms with E-state index in [4.69, 9.17) is 4.74 Å². The molecule has 4 nitrogen and oxygen atoms in total. The SMILES string of the molecule is COC(=O)c1cccc(CS[C@@H](C)C(=O)NC2CCCCCC2)c1. The number of esters is 1. The Morgan fingerprint density at radius 3 is 2.62 bits per heavy atom. The van der Waals surface area contributed by atoms with Gasteiger partial charge in [0, 0.05) is 11.8 Å². The second-order valence-corrected chi connectivity index (χ2v) is 7.67. The van der Waals surface area contributed by atoms with Crippen LogP contribution in [0.4, 0.5) is 0 Å². The number of carbonyl (C=O) groups excluding carboxylic acids is 2. The molecule has 0 bridgehead atoms. The smallest absolute Gasteiger partial charge is 0.337 e. The van der Waals surface area contributed by atoms with Crippen molar-refractivity contribution in [1.29, 1.82) is 0 Å². The van der Waals surface area contributed by atoms with Crippen LogP contribution in [0.25, 0.3) is 0 Å². The number of nitrogens with one attached hydrogen (secondary N) is 1. The molecule has 1 aromatic carbocycles. The van der Waals surface area contributed by atoms with Crippen molar-refractivity contribution >= 4 is 23.6 Å². The van der Waals surface area contributed by atoms with E-state index in [1.54, 1.807) is 17.8 Å². The summed E-state index contributed by atoms with van der Waals surface area (Å²) in [4.78, 5) is 23.9. The Morgan fingerprint density at radius 1 is 1.25 bits per heavy atom. The Morgan fingerprint density at radius 2 is 1.96 bits per heavy atom. The maximum Gasteiger partial charge on any atom is 0.337 e. The van der Waals surface area contributed by atoms with Crippen molar-refractivity contribution in [2.45, 2.75) is 62.5 Å². The molecular formula is C19H27NO3S. The maximum absolute atomic E-state index is 12.4. The number of hydrogen-bond donors (Lipinski definition) is 1. The summed E-state index contributed by atoms with van der Waals surface area (Å²) in [6.45, 7) is 1.95. The van der Waals surface area contributed by atoms with Gasteiger partial charge >= 0.3 is 5.97 Å². The number of carbonyl (C=O) groups is 2. The van der Waals surface area contributed by atoms with E-state index in [2.05, 4.69) is 5.32 Å². The van der Waals surface area contributed by atoms with Gasteiger partial charge in [0.05, 0.1) is 17.9 Å². The number of benzene rings is 1. The number of amides is 1. The lowest BCUT2D eigenvalue weighted by Gasteiger charge is -2.19. The fourth-order valence-electron chi connectivity index (χ4n) is 2.95. The van der Waals surface area contributed by atoms with Crippen LogP contribution in [0.5, 0.6) is 0 Å². The maximum atomic E-state index is 12.4. The molecule has 1 saturated carbocycles. The molecule has 0 aromatic heterocycles. The summed E-state index contributed by atoms with van der Waals surface area (Å²) in [5.74, 6) is 0.487. The zero-order valence-corrected chi connectivity index (χ0v) is 15.4. The van der Waals surface area contributed by atoms with Gasteiger partial charge in [0.25, 0.3) is 0 Å². The molecule has 0 spiro atoms. The van der Waals surface area contributed by atoms with Crippen molar-refractivity contribution in [3.05, 3.63) is 35.4 Å². The van der Waals surface area contributed by atoms with E-state index in [0.29, 0.717) is 17.4 Å². The number of ether oxygens (including phenoxy) is 1.